The highest BCUT2D eigenvalue weighted by Gasteiger charge is 2.21. The van der Waals surface area contributed by atoms with Crippen LogP contribution in [-0.4, -0.2) is 42.4 Å². The van der Waals surface area contributed by atoms with Gasteiger partial charge in [-0.2, -0.15) is 0 Å². The molecule has 1 heterocycles. The van der Waals surface area contributed by atoms with E-state index in [2.05, 4.69) is 11.4 Å². The van der Waals surface area contributed by atoms with Crippen LogP contribution in [0.4, 0.5) is 0 Å². The van der Waals surface area contributed by atoms with E-state index in [-0.39, 0.29) is 19.1 Å². The van der Waals surface area contributed by atoms with Gasteiger partial charge in [0.15, 0.2) is 6.61 Å². The highest BCUT2D eigenvalue weighted by Crippen LogP contribution is 2.18. The van der Waals surface area contributed by atoms with Crippen molar-refractivity contribution < 1.29 is 19.1 Å². The maximum Gasteiger partial charge on any atom is 0.325 e. The first kappa shape index (κ1) is 18.9. The van der Waals surface area contributed by atoms with Crippen LogP contribution < -0.4 is 5.32 Å². The second-order valence-electron chi connectivity index (χ2n) is 6.18. The van der Waals surface area contributed by atoms with Crippen LogP contribution in [0, 0.1) is 0 Å². The number of ether oxygens (including phenoxy) is 1. The molecule has 0 fully saturated rings. The van der Waals surface area contributed by atoms with Crippen LogP contribution in [0.25, 0.3) is 0 Å². The van der Waals surface area contributed by atoms with Crippen LogP contribution in [-0.2, 0) is 27.3 Å². The summed E-state index contributed by atoms with van der Waals surface area (Å²) in [5.74, 6) is -1.33. The van der Waals surface area contributed by atoms with Gasteiger partial charge in [0.05, 0.1) is 0 Å². The fourth-order valence-corrected chi connectivity index (χ4v) is 2.97. The van der Waals surface area contributed by atoms with Gasteiger partial charge in [0.2, 0.25) is 0 Å². The van der Waals surface area contributed by atoms with Gasteiger partial charge in [-0.05, 0) is 41.8 Å². The molecule has 1 aliphatic heterocycles. The highest BCUT2D eigenvalue weighted by molar-refractivity contribution is 6.30. The molecule has 0 saturated heterocycles. The number of carbonyl (C=O) groups is 3. The summed E-state index contributed by atoms with van der Waals surface area (Å²) in [6.07, 6.45) is 0.785. The quantitative estimate of drug-likeness (QED) is 0.799. The van der Waals surface area contributed by atoms with E-state index in [0.717, 1.165) is 12.0 Å². The normalized spacial score (nSPS) is 12.9. The first-order valence-electron chi connectivity index (χ1n) is 8.57. The summed E-state index contributed by atoms with van der Waals surface area (Å²) in [7, 11) is 0. The zero-order valence-electron chi connectivity index (χ0n) is 14.6. The van der Waals surface area contributed by atoms with Crippen LogP contribution >= 0.6 is 11.6 Å². The van der Waals surface area contributed by atoms with Crippen molar-refractivity contribution in [2.45, 2.75) is 13.0 Å². The monoisotopic (exact) mass is 386 g/mol. The predicted octanol–water partition coefficient (Wildman–Crippen LogP) is 2.20. The Morgan fingerprint density at radius 1 is 1.04 bits per heavy atom. The van der Waals surface area contributed by atoms with Gasteiger partial charge in [-0.3, -0.25) is 14.4 Å². The second kappa shape index (κ2) is 8.68. The van der Waals surface area contributed by atoms with Crippen molar-refractivity contribution in [3.05, 3.63) is 70.2 Å². The van der Waals surface area contributed by atoms with Gasteiger partial charge in [0.25, 0.3) is 11.8 Å². The second-order valence-corrected chi connectivity index (χ2v) is 6.62. The fraction of sp³-hybridized carbons (Fsp3) is 0.250. The summed E-state index contributed by atoms with van der Waals surface area (Å²) in [4.78, 5) is 37.6. The number of amides is 2. The predicted molar refractivity (Wildman–Crippen MR) is 100 cm³/mol. The van der Waals surface area contributed by atoms with E-state index >= 15 is 0 Å². The molecule has 2 aromatic carbocycles. The van der Waals surface area contributed by atoms with E-state index in [0.29, 0.717) is 23.7 Å². The number of rotatable bonds is 5. The number of benzene rings is 2. The third kappa shape index (κ3) is 5.08. The fourth-order valence-electron chi connectivity index (χ4n) is 2.85. The molecular weight excluding hydrogens is 368 g/mol. The number of esters is 1. The summed E-state index contributed by atoms with van der Waals surface area (Å²) < 4.78 is 4.98. The van der Waals surface area contributed by atoms with E-state index < -0.39 is 11.9 Å². The molecule has 2 amide bonds. The Hall–Kier alpha value is -2.86. The van der Waals surface area contributed by atoms with Crippen molar-refractivity contribution in [2.75, 3.05) is 19.7 Å². The minimum Gasteiger partial charge on any atom is -0.454 e. The molecule has 1 N–H and O–H groups in total. The third-order valence-electron chi connectivity index (χ3n) is 4.34. The average Bonchev–Trinajstić information content (AvgIpc) is 2.70. The Bertz CT molecular complexity index is 851. The number of nitrogens with zero attached hydrogens (tertiary/aromatic N) is 1. The van der Waals surface area contributed by atoms with Crippen LogP contribution in [0.3, 0.4) is 0 Å². The van der Waals surface area contributed by atoms with Gasteiger partial charge in [0, 0.05) is 23.7 Å². The summed E-state index contributed by atoms with van der Waals surface area (Å²) >= 11 is 5.77. The SMILES string of the molecule is O=C(CNC(=O)c1ccc(Cl)cc1)OCC(=O)N1CCc2ccccc2C1. The molecule has 0 bridgehead atoms. The number of hydrogen-bond acceptors (Lipinski definition) is 4. The molecule has 7 heteroatoms. The minimum atomic E-state index is -0.664. The Morgan fingerprint density at radius 3 is 2.48 bits per heavy atom. The van der Waals surface area contributed by atoms with Gasteiger partial charge in [-0.1, -0.05) is 35.9 Å². The Kier molecular flexibility index (Phi) is 6.08. The van der Waals surface area contributed by atoms with Crippen molar-refractivity contribution in [1.82, 2.24) is 10.2 Å². The molecule has 27 heavy (non-hydrogen) atoms. The standard InChI is InChI=1S/C20H19ClN2O4/c21-17-7-5-15(6-8-17)20(26)22-11-19(25)27-13-18(24)23-10-9-14-3-1-2-4-16(14)12-23/h1-8H,9-13H2,(H,22,26). The average molecular weight is 387 g/mol. The van der Waals surface area contributed by atoms with Gasteiger partial charge >= 0.3 is 5.97 Å². The van der Waals surface area contributed by atoms with Gasteiger partial charge in [0.1, 0.15) is 6.54 Å². The number of halogens is 1. The first-order chi connectivity index (χ1) is 13.0. The van der Waals surface area contributed by atoms with E-state index in [1.54, 1.807) is 29.2 Å². The molecule has 0 atom stereocenters. The topological polar surface area (TPSA) is 75.7 Å². The Balaban J connectivity index is 1.42. The molecule has 0 spiro atoms. The number of carbonyl (C=O) groups excluding carboxylic acids is 3. The minimum absolute atomic E-state index is 0.248. The summed E-state index contributed by atoms with van der Waals surface area (Å²) in [5, 5.41) is 2.97. The number of fused-ring (bicyclic) bond motifs is 1. The van der Waals surface area contributed by atoms with Crippen LogP contribution in [0.1, 0.15) is 21.5 Å². The van der Waals surface area contributed by atoms with Crippen molar-refractivity contribution in [3.63, 3.8) is 0 Å². The molecule has 2 aromatic rings. The molecule has 0 aliphatic carbocycles. The molecule has 0 radical (unpaired) electrons. The van der Waals surface area contributed by atoms with Gasteiger partial charge in [-0.15, -0.1) is 0 Å². The molecule has 0 unspecified atom stereocenters. The van der Waals surface area contributed by atoms with Gasteiger partial charge in [-0.25, -0.2) is 0 Å². The summed E-state index contributed by atoms with van der Waals surface area (Å²) in [6.45, 7) is 0.468. The Labute approximate surface area is 162 Å². The molecule has 0 saturated carbocycles. The molecule has 1 aliphatic rings. The third-order valence-corrected chi connectivity index (χ3v) is 4.59. The van der Waals surface area contributed by atoms with Crippen molar-refractivity contribution in [1.29, 1.82) is 0 Å². The van der Waals surface area contributed by atoms with Crippen LogP contribution in [0.15, 0.2) is 48.5 Å². The molecule has 3 rings (SSSR count). The van der Waals surface area contributed by atoms with E-state index in [1.165, 1.54) is 5.56 Å². The maximum absolute atomic E-state index is 12.3. The maximum atomic E-state index is 12.3. The van der Waals surface area contributed by atoms with Crippen molar-refractivity contribution in [2.24, 2.45) is 0 Å². The molecule has 6 nitrogen and oxygen atoms in total. The molecular formula is C20H19ClN2O4. The first-order valence-corrected chi connectivity index (χ1v) is 8.94. The van der Waals surface area contributed by atoms with Crippen LogP contribution in [0.5, 0.6) is 0 Å². The lowest BCUT2D eigenvalue weighted by molar-refractivity contribution is -0.151. The zero-order valence-corrected chi connectivity index (χ0v) is 15.4. The number of nitrogens with one attached hydrogen (secondary N) is 1. The lowest BCUT2D eigenvalue weighted by Crippen LogP contribution is -2.39. The summed E-state index contributed by atoms with van der Waals surface area (Å²) in [5.41, 5.74) is 2.73. The molecule has 140 valence electrons. The zero-order chi connectivity index (χ0) is 19.2. The van der Waals surface area contributed by atoms with E-state index in [4.69, 9.17) is 16.3 Å². The van der Waals surface area contributed by atoms with E-state index in [1.807, 2.05) is 18.2 Å². The smallest absolute Gasteiger partial charge is 0.325 e. The van der Waals surface area contributed by atoms with Gasteiger partial charge < -0.3 is 15.0 Å². The van der Waals surface area contributed by atoms with Crippen molar-refractivity contribution in [3.8, 4) is 0 Å². The number of hydrogen-bond donors (Lipinski definition) is 1. The highest BCUT2D eigenvalue weighted by atomic mass is 35.5. The Morgan fingerprint density at radius 2 is 1.74 bits per heavy atom. The largest absolute Gasteiger partial charge is 0.454 e. The molecule has 0 aromatic heterocycles. The summed E-state index contributed by atoms with van der Waals surface area (Å²) in [6, 6.07) is 14.3. The van der Waals surface area contributed by atoms with E-state index in [9.17, 15) is 14.4 Å². The lowest BCUT2D eigenvalue weighted by Gasteiger charge is -2.28. The van der Waals surface area contributed by atoms with Crippen molar-refractivity contribution >= 4 is 29.4 Å². The van der Waals surface area contributed by atoms with Crippen LogP contribution in [0.2, 0.25) is 5.02 Å². The lowest BCUT2D eigenvalue weighted by atomic mass is 10.00.